The van der Waals surface area contributed by atoms with Gasteiger partial charge < -0.3 is 37.6 Å². The Hall–Kier alpha value is -0.240. The van der Waals surface area contributed by atoms with Crippen molar-refractivity contribution in [2.45, 2.75) is 25.8 Å². The quantitative estimate of drug-likeness (QED) is 0.419. The molecule has 1 rings (SSSR count). The van der Waals surface area contributed by atoms with Crippen LogP contribution in [0.4, 0.5) is 0 Å². The Morgan fingerprint density at radius 2 is 0.842 bits per heavy atom. The van der Waals surface area contributed by atoms with Crippen LogP contribution in [-0.4, -0.2) is 49.5 Å². The van der Waals surface area contributed by atoms with Crippen molar-refractivity contribution < 1.29 is 64.8 Å². The van der Waals surface area contributed by atoms with Crippen LogP contribution < -0.4 is 0 Å². The molecule has 0 bridgehead atoms. The third kappa shape index (κ3) is 11.3. The summed E-state index contributed by atoms with van der Waals surface area (Å²) in [5, 5.41) is 18.3. The smallest absolute Gasteiger partial charge is 0.412 e. The van der Waals surface area contributed by atoms with Crippen LogP contribution in [0.2, 0.25) is 0 Å². The predicted molar refractivity (Wildman–Crippen MR) is 58.9 cm³/mol. The van der Waals surface area contributed by atoms with Gasteiger partial charge in [0.1, 0.15) is 0 Å². The third-order valence-electron chi connectivity index (χ3n) is 0.976. The van der Waals surface area contributed by atoms with Crippen molar-refractivity contribution in [2.24, 2.45) is 0 Å². The molecule has 1 saturated heterocycles. The third-order valence-corrected chi connectivity index (χ3v) is 2.93. The zero-order valence-corrected chi connectivity index (χ0v) is 11.5. The molecular weight excluding hydrogens is 318 g/mol. The van der Waals surface area contributed by atoms with E-state index in [1.165, 1.54) is 0 Å². The standard InChI is InChI=1S/C4H8O8P2.5H2O/c1-3(5)9-13(7)11-4(2,6)12-14(8)10-3;;;;;/h5-6H,1-2H3;5*1H2/q+2;;;;;. The fraction of sp³-hybridized carbons (Fsp3) is 1.00. The molecule has 13 nitrogen and oxygen atoms in total. The van der Waals surface area contributed by atoms with Crippen molar-refractivity contribution in [1.82, 2.24) is 0 Å². The van der Waals surface area contributed by atoms with E-state index in [-0.39, 0.29) is 27.4 Å². The minimum Gasteiger partial charge on any atom is -0.412 e. The van der Waals surface area contributed by atoms with Crippen LogP contribution in [0.15, 0.2) is 0 Å². The summed E-state index contributed by atoms with van der Waals surface area (Å²) in [6.45, 7) is 1.89. The predicted octanol–water partition coefficient (Wildman–Crippen LogP) is -3.41. The molecule has 0 aliphatic carbocycles. The molecule has 0 aromatic heterocycles. The highest BCUT2D eigenvalue weighted by molar-refractivity contribution is 7.34. The van der Waals surface area contributed by atoms with Crippen molar-refractivity contribution in [3.63, 3.8) is 0 Å². The van der Waals surface area contributed by atoms with Crippen molar-refractivity contribution in [3.8, 4) is 0 Å². The molecule has 1 heterocycles. The lowest BCUT2D eigenvalue weighted by Crippen LogP contribution is -2.34. The molecular formula is C4H18O13P2+2. The van der Waals surface area contributed by atoms with Gasteiger partial charge in [0.2, 0.25) is 0 Å². The molecule has 1 fully saturated rings. The molecule has 0 unspecified atom stereocenters. The first-order valence-corrected chi connectivity index (χ1v) is 5.55. The Morgan fingerprint density at radius 3 is 1.00 bits per heavy atom. The molecule has 19 heavy (non-hydrogen) atoms. The first-order valence-electron chi connectivity index (χ1n) is 3.36. The minimum atomic E-state index is -2.86. The molecule has 0 atom stereocenters. The molecule has 15 heteroatoms. The van der Waals surface area contributed by atoms with Crippen molar-refractivity contribution >= 4 is 16.5 Å². The van der Waals surface area contributed by atoms with Crippen LogP contribution in [0.3, 0.4) is 0 Å². The summed E-state index contributed by atoms with van der Waals surface area (Å²) in [6, 6.07) is 0. The fourth-order valence-corrected chi connectivity index (χ4v) is 2.07. The normalized spacial score (nSPS) is 33.7. The maximum atomic E-state index is 10.9. The second kappa shape index (κ2) is 10.5. The van der Waals surface area contributed by atoms with E-state index in [9.17, 15) is 9.13 Å². The summed E-state index contributed by atoms with van der Waals surface area (Å²) in [5.74, 6) is -4.73. The van der Waals surface area contributed by atoms with Gasteiger partial charge in [0.25, 0.3) is 0 Å². The zero-order chi connectivity index (χ0) is 11.0. The zero-order valence-electron chi connectivity index (χ0n) is 9.74. The van der Waals surface area contributed by atoms with E-state index < -0.39 is 28.5 Å². The summed E-state index contributed by atoms with van der Waals surface area (Å²) in [5.41, 5.74) is 0. The van der Waals surface area contributed by atoms with Crippen molar-refractivity contribution in [1.29, 1.82) is 0 Å². The van der Waals surface area contributed by atoms with E-state index in [1.807, 2.05) is 0 Å². The number of rotatable bonds is 0. The molecule has 0 radical (unpaired) electrons. The van der Waals surface area contributed by atoms with Gasteiger partial charge in [-0.2, -0.15) is 0 Å². The molecule has 0 spiro atoms. The largest absolute Gasteiger partial charge is 0.709 e. The number of aliphatic hydroxyl groups is 2. The average molecular weight is 336 g/mol. The first kappa shape index (κ1) is 31.3. The van der Waals surface area contributed by atoms with Gasteiger partial charge in [0.05, 0.1) is 0 Å². The average Bonchev–Trinajstić information content (AvgIpc) is 1.74. The Morgan fingerprint density at radius 1 is 0.684 bits per heavy atom. The van der Waals surface area contributed by atoms with Crippen LogP contribution in [0.1, 0.15) is 13.8 Å². The van der Waals surface area contributed by atoms with E-state index in [2.05, 4.69) is 18.1 Å². The van der Waals surface area contributed by atoms with Crippen LogP contribution in [0.25, 0.3) is 0 Å². The second-order valence-electron chi connectivity index (χ2n) is 2.61. The van der Waals surface area contributed by atoms with Crippen LogP contribution >= 0.6 is 16.5 Å². The van der Waals surface area contributed by atoms with Gasteiger partial charge in [0, 0.05) is 23.0 Å². The molecule has 0 saturated carbocycles. The summed E-state index contributed by atoms with van der Waals surface area (Å²) >= 11 is 0. The van der Waals surface area contributed by atoms with Gasteiger partial charge in [-0.25, -0.2) is 0 Å². The Balaban J connectivity index is -0.000000131. The maximum Gasteiger partial charge on any atom is 0.709 e. The van der Waals surface area contributed by atoms with Gasteiger partial charge in [-0.05, 0) is 18.1 Å². The Kier molecular flexibility index (Phi) is 17.3. The molecule has 1 aliphatic heterocycles. The fourth-order valence-electron chi connectivity index (χ4n) is 0.624. The minimum absolute atomic E-state index is 0. The Labute approximate surface area is 108 Å². The number of hydrogen-bond acceptors (Lipinski definition) is 8. The highest BCUT2D eigenvalue weighted by Gasteiger charge is 2.56. The second-order valence-corrected chi connectivity index (χ2v) is 4.23. The molecule has 12 N–H and O–H groups in total. The topological polar surface area (TPSA) is 269 Å². The lowest BCUT2D eigenvalue weighted by Gasteiger charge is -2.14. The SMILES string of the molecule is CC1(O)O[P+](=O)OC(C)(O)O[P+](=O)O1.O.O.O.O.O. The van der Waals surface area contributed by atoms with E-state index >= 15 is 0 Å². The van der Waals surface area contributed by atoms with Crippen LogP contribution in [0.5, 0.6) is 0 Å². The van der Waals surface area contributed by atoms with E-state index in [0.717, 1.165) is 13.8 Å². The lowest BCUT2D eigenvalue weighted by atomic mass is 10.7. The van der Waals surface area contributed by atoms with Gasteiger partial charge in [-0.1, -0.05) is 0 Å². The van der Waals surface area contributed by atoms with Crippen LogP contribution in [0, 0.1) is 0 Å². The monoisotopic (exact) mass is 336 g/mol. The van der Waals surface area contributed by atoms with E-state index in [4.69, 9.17) is 10.2 Å². The van der Waals surface area contributed by atoms with Crippen molar-refractivity contribution in [3.05, 3.63) is 0 Å². The van der Waals surface area contributed by atoms with Gasteiger partial charge in [-0.3, -0.25) is 0 Å². The van der Waals surface area contributed by atoms with Gasteiger partial charge in [-0.15, -0.1) is 0 Å². The van der Waals surface area contributed by atoms with Crippen molar-refractivity contribution in [2.75, 3.05) is 0 Å². The summed E-state index contributed by atoms with van der Waals surface area (Å²) in [6.07, 6.45) is 0. The highest BCUT2D eigenvalue weighted by atomic mass is 31.1. The molecule has 0 amide bonds. The summed E-state index contributed by atoms with van der Waals surface area (Å²) < 4.78 is 38.9. The Bertz CT molecular complexity index is 228. The summed E-state index contributed by atoms with van der Waals surface area (Å²) in [7, 11) is -5.72. The number of hydrogen-bond donors (Lipinski definition) is 2. The molecule has 120 valence electrons. The highest BCUT2D eigenvalue weighted by Crippen LogP contribution is 2.46. The first-order chi connectivity index (χ1) is 6.20. The summed E-state index contributed by atoms with van der Waals surface area (Å²) in [4.78, 5) is 0. The van der Waals surface area contributed by atoms with E-state index in [1.54, 1.807) is 0 Å². The maximum absolute atomic E-state index is 10.9. The lowest BCUT2D eigenvalue weighted by molar-refractivity contribution is -0.312. The van der Waals surface area contributed by atoms with Gasteiger partial charge >= 0.3 is 28.5 Å². The molecule has 0 aromatic rings. The molecule has 0 aromatic carbocycles. The van der Waals surface area contributed by atoms with Crippen LogP contribution in [-0.2, 0) is 27.2 Å². The van der Waals surface area contributed by atoms with E-state index in [0.29, 0.717) is 0 Å². The molecule has 1 aliphatic rings. The van der Waals surface area contributed by atoms with Gasteiger partial charge in [0.15, 0.2) is 0 Å².